The van der Waals surface area contributed by atoms with Gasteiger partial charge in [-0.05, 0) is 31.1 Å². The summed E-state index contributed by atoms with van der Waals surface area (Å²) < 4.78 is 0. The Bertz CT molecular complexity index is 381. The second-order valence-corrected chi connectivity index (χ2v) is 7.36. The lowest BCUT2D eigenvalue weighted by molar-refractivity contribution is -0.120. The molecule has 0 aromatic heterocycles. The van der Waals surface area contributed by atoms with E-state index in [-0.39, 0.29) is 17.6 Å². The fraction of sp³-hybridized carbons (Fsp3) is 0.833. The second-order valence-electron chi connectivity index (χ2n) is 7.36. The van der Waals surface area contributed by atoms with Gasteiger partial charge in [-0.2, -0.15) is 0 Å². The van der Waals surface area contributed by atoms with Gasteiger partial charge in [0.25, 0.3) is 0 Å². The van der Waals surface area contributed by atoms with Gasteiger partial charge >= 0.3 is 0 Å². The Morgan fingerprint density at radius 1 is 1.10 bits per heavy atom. The summed E-state index contributed by atoms with van der Waals surface area (Å²) in [5.74, 6) is 2.26. The molecule has 1 saturated carbocycles. The average molecular weight is 278 g/mol. The van der Waals surface area contributed by atoms with Crippen molar-refractivity contribution in [2.75, 3.05) is 0 Å². The van der Waals surface area contributed by atoms with Gasteiger partial charge in [0.1, 0.15) is 5.76 Å². The van der Waals surface area contributed by atoms with E-state index in [1.165, 1.54) is 12.8 Å². The van der Waals surface area contributed by atoms with Crippen molar-refractivity contribution in [3.05, 3.63) is 11.3 Å². The lowest BCUT2D eigenvalue weighted by Crippen LogP contribution is -2.22. The highest BCUT2D eigenvalue weighted by Crippen LogP contribution is 2.44. The first kappa shape index (κ1) is 15.6. The Morgan fingerprint density at radius 2 is 1.75 bits per heavy atom. The molecule has 2 aliphatic carbocycles. The zero-order valence-electron chi connectivity index (χ0n) is 13.3. The standard InChI is InChI=1S/C18H30O2/c1-12(2)7-6-8-13(3)11-16-17(19)14-9-4-5-10-15(14)18(16)20/h12-15,19H,4-11H2,1-3H3/t13?,14-,15+/m1/s1. The van der Waals surface area contributed by atoms with Gasteiger partial charge in [-0.1, -0.05) is 52.9 Å². The molecule has 2 heteroatoms. The van der Waals surface area contributed by atoms with Gasteiger partial charge in [0.05, 0.1) is 0 Å². The molecule has 2 nitrogen and oxygen atoms in total. The van der Waals surface area contributed by atoms with E-state index in [9.17, 15) is 9.90 Å². The molecule has 0 saturated heterocycles. The van der Waals surface area contributed by atoms with Crippen LogP contribution >= 0.6 is 0 Å². The minimum absolute atomic E-state index is 0.113. The SMILES string of the molecule is CC(C)CCCC(C)CC1=C(O)[C@@H]2CCCC[C@@H]2C1=O. The predicted molar refractivity (Wildman–Crippen MR) is 82.6 cm³/mol. The molecule has 0 aromatic carbocycles. The second kappa shape index (κ2) is 6.78. The molecule has 1 N–H and O–H groups in total. The van der Waals surface area contributed by atoms with Crippen LogP contribution in [0, 0.1) is 23.7 Å². The first-order valence-corrected chi connectivity index (χ1v) is 8.47. The Balaban J connectivity index is 1.91. The van der Waals surface area contributed by atoms with Crippen LogP contribution in [0.4, 0.5) is 0 Å². The Kier molecular flexibility index (Phi) is 5.29. The van der Waals surface area contributed by atoms with Crippen LogP contribution in [0.15, 0.2) is 11.3 Å². The number of rotatable bonds is 6. The molecule has 20 heavy (non-hydrogen) atoms. The van der Waals surface area contributed by atoms with E-state index in [2.05, 4.69) is 20.8 Å². The van der Waals surface area contributed by atoms with Crippen molar-refractivity contribution < 1.29 is 9.90 Å². The zero-order chi connectivity index (χ0) is 14.7. The maximum Gasteiger partial charge on any atom is 0.166 e. The maximum absolute atomic E-state index is 12.4. The fourth-order valence-corrected chi connectivity index (χ4v) is 3.88. The number of aliphatic hydroxyl groups is 1. The number of aliphatic hydroxyl groups excluding tert-OH is 1. The third-order valence-electron chi connectivity index (χ3n) is 5.09. The highest BCUT2D eigenvalue weighted by Gasteiger charge is 2.42. The van der Waals surface area contributed by atoms with Crippen LogP contribution in [0.2, 0.25) is 0 Å². The molecule has 0 heterocycles. The first-order valence-electron chi connectivity index (χ1n) is 8.47. The lowest BCUT2D eigenvalue weighted by Gasteiger charge is -2.23. The van der Waals surface area contributed by atoms with E-state index in [4.69, 9.17) is 0 Å². The Labute approximate surface area is 123 Å². The number of hydrogen-bond acceptors (Lipinski definition) is 2. The number of Topliss-reactive ketones (excluding diaryl/α,β-unsaturated/α-hetero) is 1. The van der Waals surface area contributed by atoms with Crippen LogP contribution < -0.4 is 0 Å². The predicted octanol–water partition coefficient (Wildman–Crippen LogP) is 5.04. The minimum Gasteiger partial charge on any atom is -0.512 e. The van der Waals surface area contributed by atoms with Gasteiger partial charge in [0, 0.05) is 17.4 Å². The summed E-state index contributed by atoms with van der Waals surface area (Å²) in [6.45, 7) is 6.73. The fourth-order valence-electron chi connectivity index (χ4n) is 3.88. The molecule has 0 amide bonds. The van der Waals surface area contributed by atoms with E-state index < -0.39 is 0 Å². The van der Waals surface area contributed by atoms with Crippen LogP contribution in [0.5, 0.6) is 0 Å². The first-order chi connectivity index (χ1) is 9.50. The van der Waals surface area contributed by atoms with Crippen molar-refractivity contribution in [3.63, 3.8) is 0 Å². The van der Waals surface area contributed by atoms with Crippen molar-refractivity contribution >= 4 is 5.78 Å². The van der Waals surface area contributed by atoms with Gasteiger partial charge in [-0.25, -0.2) is 0 Å². The molecule has 0 spiro atoms. The summed E-state index contributed by atoms with van der Waals surface area (Å²) in [5, 5.41) is 10.4. The summed E-state index contributed by atoms with van der Waals surface area (Å²) in [5.41, 5.74) is 0.777. The number of carbonyl (C=O) groups excluding carboxylic acids is 1. The average Bonchev–Trinajstić information content (AvgIpc) is 2.64. The number of hydrogen-bond donors (Lipinski definition) is 1. The summed E-state index contributed by atoms with van der Waals surface area (Å²) in [6.07, 6.45) is 8.75. The van der Waals surface area contributed by atoms with Crippen LogP contribution in [0.3, 0.4) is 0 Å². The summed E-state index contributed by atoms with van der Waals surface area (Å²) in [6, 6.07) is 0. The third kappa shape index (κ3) is 3.45. The highest BCUT2D eigenvalue weighted by atomic mass is 16.3. The van der Waals surface area contributed by atoms with Gasteiger partial charge in [-0.15, -0.1) is 0 Å². The van der Waals surface area contributed by atoms with Gasteiger partial charge in [-0.3, -0.25) is 4.79 Å². The Morgan fingerprint density at radius 3 is 2.35 bits per heavy atom. The lowest BCUT2D eigenvalue weighted by atomic mass is 9.80. The van der Waals surface area contributed by atoms with E-state index in [0.29, 0.717) is 11.7 Å². The molecule has 2 aliphatic rings. The largest absolute Gasteiger partial charge is 0.512 e. The smallest absolute Gasteiger partial charge is 0.166 e. The van der Waals surface area contributed by atoms with E-state index in [1.54, 1.807) is 0 Å². The van der Waals surface area contributed by atoms with Crippen molar-refractivity contribution in [1.82, 2.24) is 0 Å². The zero-order valence-corrected chi connectivity index (χ0v) is 13.3. The van der Waals surface area contributed by atoms with Gasteiger partial charge in [0.2, 0.25) is 0 Å². The van der Waals surface area contributed by atoms with Crippen LogP contribution in [0.1, 0.15) is 72.1 Å². The molecule has 2 rings (SSSR count). The monoisotopic (exact) mass is 278 g/mol. The summed E-state index contributed by atoms with van der Waals surface area (Å²) in [7, 11) is 0. The van der Waals surface area contributed by atoms with Crippen molar-refractivity contribution in [1.29, 1.82) is 0 Å². The minimum atomic E-state index is 0.113. The quantitative estimate of drug-likeness (QED) is 0.739. The Hall–Kier alpha value is -0.790. The van der Waals surface area contributed by atoms with E-state index in [0.717, 1.165) is 50.0 Å². The number of fused-ring (bicyclic) bond motifs is 1. The molecule has 1 fully saturated rings. The van der Waals surface area contributed by atoms with Crippen LogP contribution in [-0.2, 0) is 4.79 Å². The molecule has 1 unspecified atom stereocenters. The van der Waals surface area contributed by atoms with E-state index in [1.807, 2.05) is 0 Å². The summed E-state index contributed by atoms with van der Waals surface area (Å²) >= 11 is 0. The molecule has 114 valence electrons. The normalized spacial score (nSPS) is 28.1. The number of ketones is 1. The molecule has 0 bridgehead atoms. The molecular weight excluding hydrogens is 248 g/mol. The number of allylic oxidation sites excluding steroid dienone is 2. The molecule has 3 atom stereocenters. The third-order valence-corrected chi connectivity index (χ3v) is 5.09. The highest BCUT2D eigenvalue weighted by molar-refractivity contribution is 6.00. The van der Waals surface area contributed by atoms with Crippen molar-refractivity contribution in [2.24, 2.45) is 23.7 Å². The maximum atomic E-state index is 12.4. The van der Waals surface area contributed by atoms with Crippen LogP contribution in [0.25, 0.3) is 0 Å². The molecule has 0 radical (unpaired) electrons. The van der Waals surface area contributed by atoms with Gasteiger partial charge in [0.15, 0.2) is 5.78 Å². The van der Waals surface area contributed by atoms with E-state index >= 15 is 0 Å². The molecule has 0 aromatic rings. The van der Waals surface area contributed by atoms with Crippen molar-refractivity contribution in [3.8, 4) is 0 Å². The molecular formula is C18H30O2. The van der Waals surface area contributed by atoms with Crippen LogP contribution in [-0.4, -0.2) is 10.9 Å². The molecule has 0 aliphatic heterocycles. The van der Waals surface area contributed by atoms with Crippen molar-refractivity contribution in [2.45, 2.75) is 72.1 Å². The topological polar surface area (TPSA) is 37.3 Å². The van der Waals surface area contributed by atoms with Gasteiger partial charge < -0.3 is 5.11 Å². The number of carbonyl (C=O) groups is 1. The summed E-state index contributed by atoms with van der Waals surface area (Å²) in [4.78, 5) is 12.4.